The summed E-state index contributed by atoms with van der Waals surface area (Å²) in [5.74, 6) is -0.222. The Labute approximate surface area is 103 Å². The zero-order valence-corrected chi connectivity index (χ0v) is 10.6. The molecular formula is C12H15BrFNO. The molecular weight excluding hydrogens is 273 g/mol. The van der Waals surface area contributed by atoms with Crippen molar-refractivity contribution in [2.24, 2.45) is 5.73 Å². The molecule has 0 aliphatic carbocycles. The lowest BCUT2D eigenvalue weighted by Gasteiger charge is -2.33. The number of hydrogen-bond donors (Lipinski definition) is 1. The van der Waals surface area contributed by atoms with Crippen LogP contribution >= 0.6 is 15.9 Å². The van der Waals surface area contributed by atoms with Crippen molar-refractivity contribution in [2.45, 2.75) is 24.8 Å². The fraction of sp³-hybridized carbons (Fsp3) is 0.500. The van der Waals surface area contributed by atoms with Crippen molar-refractivity contribution >= 4 is 15.9 Å². The molecule has 1 heterocycles. The van der Waals surface area contributed by atoms with Gasteiger partial charge in [-0.05, 0) is 43.0 Å². The Bertz CT molecular complexity index is 357. The Morgan fingerprint density at radius 2 is 2.00 bits per heavy atom. The third-order valence-electron chi connectivity index (χ3n) is 2.97. The van der Waals surface area contributed by atoms with Crippen LogP contribution in [0.25, 0.3) is 0 Å². The molecule has 2 N–H and O–H groups in total. The van der Waals surface area contributed by atoms with Gasteiger partial charge in [0.1, 0.15) is 5.82 Å². The molecule has 0 atom stereocenters. The van der Waals surface area contributed by atoms with E-state index in [1.54, 1.807) is 6.07 Å². The van der Waals surface area contributed by atoms with Gasteiger partial charge in [-0.15, -0.1) is 0 Å². The number of rotatable bonds is 2. The third-order valence-corrected chi connectivity index (χ3v) is 3.42. The minimum absolute atomic E-state index is 0.222. The van der Waals surface area contributed by atoms with Crippen molar-refractivity contribution in [2.75, 3.05) is 13.2 Å². The molecule has 0 spiro atoms. The zero-order chi connectivity index (χ0) is 11.6. The normalized spacial score (nSPS) is 19.7. The van der Waals surface area contributed by atoms with E-state index in [-0.39, 0.29) is 11.4 Å². The summed E-state index contributed by atoms with van der Waals surface area (Å²) in [5, 5.41) is 0. The molecule has 1 saturated heterocycles. The largest absolute Gasteiger partial charge is 0.381 e. The first kappa shape index (κ1) is 12.0. The maximum absolute atomic E-state index is 13.2. The van der Waals surface area contributed by atoms with Gasteiger partial charge in [-0.1, -0.05) is 15.9 Å². The van der Waals surface area contributed by atoms with Crippen LogP contribution in [0.2, 0.25) is 0 Å². The monoisotopic (exact) mass is 287 g/mol. The summed E-state index contributed by atoms with van der Waals surface area (Å²) in [5.41, 5.74) is 6.97. The van der Waals surface area contributed by atoms with Gasteiger partial charge in [0.05, 0.1) is 0 Å². The summed E-state index contributed by atoms with van der Waals surface area (Å²) in [7, 11) is 0. The molecule has 1 aliphatic rings. The highest BCUT2D eigenvalue weighted by atomic mass is 79.9. The van der Waals surface area contributed by atoms with Gasteiger partial charge in [-0.3, -0.25) is 0 Å². The molecule has 0 amide bonds. The van der Waals surface area contributed by atoms with Crippen molar-refractivity contribution in [3.8, 4) is 0 Å². The van der Waals surface area contributed by atoms with E-state index in [0.717, 1.165) is 22.9 Å². The van der Waals surface area contributed by atoms with Gasteiger partial charge in [0, 0.05) is 23.2 Å². The van der Waals surface area contributed by atoms with E-state index >= 15 is 0 Å². The number of halogens is 2. The number of ether oxygens (including phenoxy) is 1. The van der Waals surface area contributed by atoms with Crippen LogP contribution in [-0.4, -0.2) is 18.8 Å². The van der Waals surface area contributed by atoms with Crippen molar-refractivity contribution < 1.29 is 9.13 Å². The first-order chi connectivity index (χ1) is 7.57. The molecule has 1 aromatic rings. The summed E-state index contributed by atoms with van der Waals surface area (Å²) < 4.78 is 19.3. The lowest BCUT2D eigenvalue weighted by Crippen LogP contribution is -2.46. The van der Waals surface area contributed by atoms with Gasteiger partial charge in [0.15, 0.2) is 0 Å². The van der Waals surface area contributed by atoms with Crippen molar-refractivity contribution in [1.82, 2.24) is 0 Å². The predicted octanol–water partition coefficient (Wildman–Crippen LogP) is 2.64. The maximum atomic E-state index is 13.2. The van der Waals surface area contributed by atoms with Gasteiger partial charge >= 0.3 is 0 Å². The van der Waals surface area contributed by atoms with Crippen molar-refractivity contribution in [3.63, 3.8) is 0 Å². The molecule has 1 aromatic carbocycles. The SMILES string of the molecule is NC1(Cc2cc(F)cc(Br)c2)CCOCC1. The molecule has 1 fully saturated rings. The quantitative estimate of drug-likeness (QED) is 0.908. The average molecular weight is 288 g/mol. The molecule has 1 aliphatic heterocycles. The summed E-state index contributed by atoms with van der Waals surface area (Å²) in [4.78, 5) is 0. The molecule has 0 aromatic heterocycles. The number of benzene rings is 1. The molecule has 4 heteroatoms. The van der Waals surface area contributed by atoms with Crippen LogP contribution in [0.1, 0.15) is 18.4 Å². The van der Waals surface area contributed by atoms with Gasteiger partial charge < -0.3 is 10.5 Å². The van der Waals surface area contributed by atoms with Crippen LogP contribution in [0.15, 0.2) is 22.7 Å². The number of hydrogen-bond acceptors (Lipinski definition) is 2. The van der Waals surface area contributed by atoms with Gasteiger partial charge in [0.2, 0.25) is 0 Å². The van der Waals surface area contributed by atoms with Crippen molar-refractivity contribution in [1.29, 1.82) is 0 Å². The van der Waals surface area contributed by atoms with E-state index in [4.69, 9.17) is 10.5 Å². The second-order valence-electron chi connectivity index (χ2n) is 4.43. The maximum Gasteiger partial charge on any atom is 0.124 e. The lowest BCUT2D eigenvalue weighted by atomic mass is 9.85. The van der Waals surface area contributed by atoms with Crippen LogP contribution < -0.4 is 5.73 Å². The Balaban J connectivity index is 2.13. The van der Waals surface area contributed by atoms with Crippen molar-refractivity contribution in [3.05, 3.63) is 34.1 Å². The zero-order valence-electron chi connectivity index (χ0n) is 9.01. The first-order valence-electron chi connectivity index (χ1n) is 5.39. The summed E-state index contributed by atoms with van der Waals surface area (Å²) in [6, 6.07) is 4.93. The van der Waals surface area contributed by atoms with E-state index in [1.165, 1.54) is 6.07 Å². The van der Waals surface area contributed by atoms with E-state index in [9.17, 15) is 4.39 Å². The van der Waals surface area contributed by atoms with Crippen LogP contribution in [0, 0.1) is 5.82 Å². The fourth-order valence-corrected chi connectivity index (χ4v) is 2.59. The molecule has 88 valence electrons. The summed E-state index contributed by atoms with van der Waals surface area (Å²) in [6.45, 7) is 1.40. The second kappa shape index (κ2) is 4.82. The molecule has 0 radical (unpaired) electrons. The van der Waals surface area contributed by atoms with Crippen LogP contribution in [0.4, 0.5) is 4.39 Å². The van der Waals surface area contributed by atoms with E-state index < -0.39 is 0 Å². The Kier molecular flexibility index (Phi) is 3.62. The van der Waals surface area contributed by atoms with E-state index in [1.807, 2.05) is 6.07 Å². The summed E-state index contributed by atoms with van der Waals surface area (Å²) in [6.07, 6.45) is 2.37. The fourth-order valence-electron chi connectivity index (χ4n) is 2.07. The molecule has 2 rings (SSSR count). The predicted molar refractivity (Wildman–Crippen MR) is 64.8 cm³/mol. The van der Waals surface area contributed by atoms with Crippen LogP contribution in [-0.2, 0) is 11.2 Å². The lowest BCUT2D eigenvalue weighted by molar-refractivity contribution is 0.0533. The number of nitrogens with two attached hydrogens (primary N) is 1. The third kappa shape index (κ3) is 3.03. The smallest absolute Gasteiger partial charge is 0.124 e. The van der Waals surface area contributed by atoms with Gasteiger partial charge in [-0.25, -0.2) is 4.39 Å². The van der Waals surface area contributed by atoms with Gasteiger partial charge in [0.25, 0.3) is 0 Å². The van der Waals surface area contributed by atoms with Gasteiger partial charge in [-0.2, -0.15) is 0 Å². The minimum Gasteiger partial charge on any atom is -0.381 e. The Morgan fingerprint density at radius 1 is 1.31 bits per heavy atom. The molecule has 0 saturated carbocycles. The van der Waals surface area contributed by atoms with Crippen LogP contribution in [0.5, 0.6) is 0 Å². The van der Waals surface area contributed by atoms with E-state index in [0.29, 0.717) is 19.6 Å². The Morgan fingerprint density at radius 3 is 2.62 bits per heavy atom. The summed E-state index contributed by atoms with van der Waals surface area (Å²) >= 11 is 3.29. The highest BCUT2D eigenvalue weighted by molar-refractivity contribution is 9.10. The van der Waals surface area contributed by atoms with Crippen LogP contribution in [0.3, 0.4) is 0 Å². The molecule has 0 unspecified atom stereocenters. The van der Waals surface area contributed by atoms with E-state index in [2.05, 4.69) is 15.9 Å². The molecule has 0 bridgehead atoms. The minimum atomic E-state index is -0.245. The molecule has 16 heavy (non-hydrogen) atoms. The Hall–Kier alpha value is -0.450. The average Bonchev–Trinajstić information content (AvgIpc) is 2.15. The first-order valence-corrected chi connectivity index (χ1v) is 6.18. The second-order valence-corrected chi connectivity index (χ2v) is 5.34. The highest BCUT2D eigenvalue weighted by Gasteiger charge is 2.28. The standard InChI is InChI=1S/C12H15BrFNO/c13-10-5-9(6-11(14)7-10)8-12(15)1-3-16-4-2-12/h5-7H,1-4,8,15H2. The topological polar surface area (TPSA) is 35.2 Å². The highest BCUT2D eigenvalue weighted by Crippen LogP contribution is 2.24. The molecule has 2 nitrogen and oxygen atoms in total.